The van der Waals surface area contributed by atoms with Crippen LogP contribution in [0.25, 0.3) is 11.4 Å². The molecule has 2 aromatic rings. The number of nitrogens with zero attached hydrogens (tertiary/aromatic N) is 4. The first-order valence-electron chi connectivity index (χ1n) is 3.68. The molecule has 0 aliphatic carbocycles. The summed E-state index contributed by atoms with van der Waals surface area (Å²) in [4.78, 5) is 1.22. The molecular formula is C7H4N4S2. The summed E-state index contributed by atoms with van der Waals surface area (Å²) in [5, 5.41) is 11.5. The molecule has 0 unspecified atom stereocenters. The Morgan fingerprint density at radius 2 is 2.15 bits per heavy atom. The van der Waals surface area contributed by atoms with Crippen molar-refractivity contribution in [2.45, 2.75) is 4.90 Å². The lowest BCUT2D eigenvalue weighted by Crippen LogP contribution is -1.97. The number of benzene rings is 1. The van der Waals surface area contributed by atoms with Gasteiger partial charge in [-0.1, -0.05) is 12.1 Å². The van der Waals surface area contributed by atoms with Crippen LogP contribution in [-0.4, -0.2) is 19.6 Å². The van der Waals surface area contributed by atoms with Gasteiger partial charge < -0.3 is 0 Å². The SMILES string of the molecule is c1ccc2c(c1)SSn1nnnc1-2. The second-order valence-corrected chi connectivity index (χ2v) is 4.58. The average Bonchev–Trinajstić information content (AvgIpc) is 2.65. The topological polar surface area (TPSA) is 43.6 Å². The lowest BCUT2D eigenvalue weighted by atomic mass is 10.2. The molecule has 1 aliphatic heterocycles. The highest BCUT2D eigenvalue weighted by molar-refractivity contribution is 8.76. The lowest BCUT2D eigenvalue weighted by Gasteiger charge is -2.12. The van der Waals surface area contributed by atoms with Gasteiger partial charge in [0.05, 0.1) is 11.0 Å². The molecule has 6 heteroatoms. The van der Waals surface area contributed by atoms with Gasteiger partial charge in [-0.3, -0.25) is 0 Å². The highest BCUT2D eigenvalue weighted by atomic mass is 33.1. The maximum absolute atomic E-state index is 3.97. The van der Waals surface area contributed by atoms with E-state index in [2.05, 4.69) is 21.6 Å². The highest BCUT2D eigenvalue weighted by Gasteiger charge is 2.19. The Morgan fingerprint density at radius 3 is 3.15 bits per heavy atom. The molecule has 64 valence electrons. The minimum atomic E-state index is 0.833. The van der Waals surface area contributed by atoms with Crippen LogP contribution in [0.4, 0.5) is 0 Å². The maximum atomic E-state index is 3.97. The third-order valence-electron chi connectivity index (χ3n) is 1.77. The van der Waals surface area contributed by atoms with Gasteiger partial charge in [0.15, 0.2) is 5.82 Å². The van der Waals surface area contributed by atoms with E-state index >= 15 is 0 Å². The molecular weight excluding hydrogens is 204 g/mol. The second-order valence-electron chi connectivity index (χ2n) is 2.53. The lowest BCUT2D eigenvalue weighted by molar-refractivity contribution is 0.856. The Kier molecular flexibility index (Phi) is 1.56. The summed E-state index contributed by atoms with van der Waals surface area (Å²) in [5.41, 5.74) is 1.11. The van der Waals surface area contributed by atoms with Crippen LogP contribution in [0.15, 0.2) is 29.2 Å². The monoisotopic (exact) mass is 208 g/mol. The maximum Gasteiger partial charge on any atom is 0.195 e. The van der Waals surface area contributed by atoms with Crippen LogP contribution in [0, 0.1) is 0 Å². The molecule has 0 fully saturated rings. The fourth-order valence-electron chi connectivity index (χ4n) is 1.19. The van der Waals surface area contributed by atoms with Crippen LogP contribution < -0.4 is 0 Å². The van der Waals surface area contributed by atoms with Crippen LogP contribution >= 0.6 is 21.8 Å². The van der Waals surface area contributed by atoms with Gasteiger partial charge in [-0.25, -0.2) is 0 Å². The van der Waals surface area contributed by atoms with Crippen molar-refractivity contribution >= 4 is 21.8 Å². The quantitative estimate of drug-likeness (QED) is 0.618. The molecule has 4 nitrogen and oxygen atoms in total. The van der Waals surface area contributed by atoms with Gasteiger partial charge in [-0.2, -0.15) is 4.09 Å². The number of hydrogen-bond donors (Lipinski definition) is 0. The summed E-state index contributed by atoms with van der Waals surface area (Å²) in [7, 11) is 3.21. The fraction of sp³-hybridized carbons (Fsp3) is 0. The summed E-state index contributed by atoms with van der Waals surface area (Å²) < 4.78 is 1.73. The molecule has 1 aromatic heterocycles. The Labute approximate surface area is 82.2 Å². The van der Waals surface area contributed by atoms with Crippen molar-refractivity contribution in [1.82, 2.24) is 19.6 Å². The molecule has 0 amide bonds. The van der Waals surface area contributed by atoms with Crippen molar-refractivity contribution < 1.29 is 0 Å². The molecule has 0 N–H and O–H groups in total. The molecule has 0 bridgehead atoms. The predicted molar refractivity (Wildman–Crippen MR) is 52.1 cm³/mol. The molecule has 0 radical (unpaired) electrons. The molecule has 1 aliphatic rings. The largest absolute Gasteiger partial charge is 0.195 e. The number of rotatable bonds is 0. The Balaban J connectivity index is 2.30. The summed E-state index contributed by atoms with van der Waals surface area (Å²) in [6.07, 6.45) is 0. The zero-order chi connectivity index (χ0) is 8.67. The van der Waals surface area contributed by atoms with Crippen molar-refractivity contribution in [3.63, 3.8) is 0 Å². The van der Waals surface area contributed by atoms with Gasteiger partial charge in [0.25, 0.3) is 0 Å². The second kappa shape index (κ2) is 2.74. The average molecular weight is 208 g/mol. The first kappa shape index (κ1) is 7.40. The van der Waals surface area contributed by atoms with Crippen LogP contribution in [0.5, 0.6) is 0 Å². The van der Waals surface area contributed by atoms with Crippen molar-refractivity contribution in [3.8, 4) is 11.4 Å². The fourth-order valence-corrected chi connectivity index (χ4v) is 3.18. The Morgan fingerprint density at radius 1 is 1.23 bits per heavy atom. The number of hydrogen-bond acceptors (Lipinski definition) is 5. The number of aromatic nitrogens is 4. The summed E-state index contributed by atoms with van der Waals surface area (Å²) in [6.45, 7) is 0. The smallest absolute Gasteiger partial charge is 0.154 e. The van der Waals surface area contributed by atoms with Gasteiger partial charge in [-0.15, -0.1) is 5.10 Å². The highest BCUT2D eigenvalue weighted by Crippen LogP contribution is 2.43. The normalized spacial score (nSPS) is 13.5. The van der Waals surface area contributed by atoms with Crippen LogP contribution in [0.3, 0.4) is 0 Å². The van der Waals surface area contributed by atoms with E-state index in [0.717, 1.165) is 11.4 Å². The molecule has 0 atom stereocenters. The van der Waals surface area contributed by atoms with Gasteiger partial charge in [-0.05, 0) is 33.4 Å². The molecule has 13 heavy (non-hydrogen) atoms. The zero-order valence-corrected chi connectivity index (χ0v) is 8.05. The molecule has 1 aromatic carbocycles. The van der Waals surface area contributed by atoms with E-state index < -0.39 is 0 Å². The standard InChI is InChI=1S/C7H4N4S2/c1-2-4-6-5(3-1)7-8-9-10-11(7)13-12-6/h1-4H. The molecule has 3 rings (SSSR count). The Hall–Kier alpha value is -1.01. The third kappa shape index (κ3) is 1.06. The Bertz CT molecular complexity index is 453. The first-order chi connectivity index (χ1) is 6.45. The van der Waals surface area contributed by atoms with E-state index in [1.165, 1.54) is 15.9 Å². The third-order valence-corrected chi connectivity index (χ3v) is 3.95. The summed E-state index contributed by atoms with van der Waals surface area (Å²) in [5.74, 6) is 0.833. The zero-order valence-electron chi connectivity index (χ0n) is 6.41. The molecule has 0 saturated heterocycles. The molecule has 2 heterocycles. The van der Waals surface area contributed by atoms with Gasteiger partial charge in [0.1, 0.15) is 0 Å². The van der Waals surface area contributed by atoms with Crippen LogP contribution in [-0.2, 0) is 0 Å². The van der Waals surface area contributed by atoms with E-state index in [9.17, 15) is 0 Å². The minimum absolute atomic E-state index is 0.833. The molecule has 0 saturated carbocycles. The number of tetrazole rings is 1. The van der Waals surface area contributed by atoms with Gasteiger partial charge in [0, 0.05) is 10.5 Å². The van der Waals surface area contributed by atoms with Crippen molar-refractivity contribution in [2.24, 2.45) is 0 Å². The van der Waals surface area contributed by atoms with E-state index in [1.807, 2.05) is 18.2 Å². The predicted octanol–water partition coefficient (Wildman–Crippen LogP) is 1.86. The van der Waals surface area contributed by atoms with E-state index in [0.29, 0.717) is 0 Å². The van der Waals surface area contributed by atoms with Gasteiger partial charge in [0.2, 0.25) is 0 Å². The summed E-state index contributed by atoms with van der Waals surface area (Å²) in [6, 6.07) is 8.12. The van der Waals surface area contributed by atoms with Crippen molar-refractivity contribution in [2.75, 3.05) is 0 Å². The van der Waals surface area contributed by atoms with Crippen molar-refractivity contribution in [3.05, 3.63) is 24.3 Å². The summed E-state index contributed by atoms with van der Waals surface area (Å²) >= 11 is 0. The first-order valence-corrected chi connectivity index (χ1v) is 5.78. The van der Waals surface area contributed by atoms with E-state index in [-0.39, 0.29) is 0 Å². The van der Waals surface area contributed by atoms with Crippen LogP contribution in [0.1, 0.15) is 0 Å². The number of fused-ring (bicyclic) bond motifs is 3. The van der Waals surface area contributed by atoms with Crippen molar-refractivity contribution in [1.29, 1.82) is 0 Å². The van der Waals surface area contributed by atoms with Crippen LogP contribution in [0.2, 0.25) is 0 Å². The van der Waals surface area contributed by atoms with Gasteiger partial charge >= 0.3 is 0 Å². The minimum Gasteiger partial charge on any atom is -0.154 e. The van der Waals surface area contributed by atoms with E-state index in [4.69, 9.17) is 0 Å². The molecule has 0 spiro atoms. The van der Waals surface area contributed by atoms with E-state index in [1.54, 1.807) is 14.9 Å².